The minimum Gasteiger partial charge on any atom is -0.389 e. The van der Waals surface area contributed by atoms with Crippen molar-refractivity contribution in [3.63, 3.8) is 0 Å². The number of pyridine rings is 1. The second-order valence-electron chi connectivity index (χ2n) is 7.57. The molecule has 0 aliphatic heterocycles. The maximum absolute atomic E-state index is 13.6. The SMILES string of the molecule is N#Cc1cnc2c(CCC(=O)CO)cc(NCc3cnc[nH]3)cc2c1Nc1ccc(F)c(Cl)c1. The van der Waals surface area contributed by atoms with Crippen LogP contribution in [0.1, 0.15) is 23.2 Å². The molecule has 10 heteroatoms. The summed E-state index contributed by atoms with van der Waals surface area (Å²) in [7, 11) is 0. The number of benzene rings is 2. The van der Waals surface area contributed by atoms with Crippen LogP contribution >= 0.6 is 11.6 Å². The molecular formula is C24H20ClFN6O2. The number of imidazole rings is 1. The molecule has 0 radical (unpaired) electrons. The molecule has 0 unspecified atom stereocenters. The van der Waals surface area contributed by atoms with Gasteiger partial charge in [0, 0.05) is 35.6 Å². The van der Waals surface area contributed by atoms with Crippen LogP contribution in [0, 0.1) is 17.1 Å². The number of aromatic amines is 1. The molecule has 0 spiro atoms. The smallest absolute Gasteiger partial charge is 0.158 e. The van der Waals surface area contributed by atoms with E-state index in [9.17, 15) is 14.4 Å². The highest BCUT2D eigenvalue weighted by molar-refractivity contribution is 6.31. The van der Waals surface area contributed by atoms with Gasteiger partial charge in [-0.15, -0.1) is 0 Å². The number of aliphatic hydroxyl groups is 1. The Balaban J connectivity index is 1.81. The number of nitrogens with one attached hydrogen (secondary N) is 3. The quantitative estimate of drug-likeness (QED) is 0.279. The number of fused-ring (bicyclic) bond motifs is 1. The topological polar surface area (TPSA) is 127 Å². The third kappa shape index (κ3) is 5.14. The van der Waals surface area contributed by atoms with Crippen molar-refractivity contribution in [3.8, 4) is 6.07 Å². The fraction of sp³-hybridized carbons (Fsp3) is 0.167. The van der Waals surface area contributed by atoms with E-state index in [1.807, 2.05) is 12.1 Å². The maximum Gasteiger partial charge on any atom is 0.158 e. The van der Waals surface area contributed by atoms with Crippen molar-refractivity contribution >= 4 is 45.3 Å². The average molecular weight is 479 g/mol. The zero-order chi connectivity index (χ0) is 24.1. The molecule has 172 valence electrons. The van der Waals surface area contributed by atoms with E-state index in [1.165, 1.54) is 24.4 Å². The van der Waals surface area contributed by atoms with Gasteiger partial charge in [-0.2, -0.15) is 5.26 Å². The molecule has 2 aromatic heterocycles. The molecule has 0 atom stereocenters. The van der Waals surface area contributed by atoms with Crippen molar-refractivity contribution in [3.05, 3.63) is 76.7 Å². The summed E-state index contributed by atoms with van der Waals surface area (Å²) >= 11 is 5.93. The van der Waals surface area contributed by atoms with E-state index in [0.29, 0.717) is 35.2 Å². The fourth-order valence-electron chi connectivity index (χ4n) is 3.54. The Morgan fingerprint density at radius 1 is 1.24 bits per heavy atom. The van der Waals surface area contributed by atoms with Gasteiger partial charge in [0.1, 0.15) is 18.5 Å². The monoisotopic (exact) mass is 478 g/mol. The fourth-order valence-corrected chi connectivity index (χ4v) is 3.72. The van der Waals surface area contributed by atoms with Crippen LogP contribution in [0.3, 0.4) is 0 Å². The summed E-state index contributed by atoms with van der Waals surface area (Å²) < 4.78 is 13.6. The van der Waals surface area contributed by atoms with Gasteiger partial charge in [0.15, 0.2) is 5.78 Å². The van der Waals surface area contributed by atoms with E-state index < -0.39 is 12.4 Å². The highest BCUT2D eigenvalue weighted by Gasteiger charge is 2.15. The van der Waals surface area contributed by atoms with Gasteiger partial charge in [-0.3, -0.25) is 9.78 Å². The number of rotatable bonds is 9. The van der Waals surface area contributed by atoms with E-state index in [-0.39, 0.29) is 22.8 Å². The number of H-pyrrole nitrogens is 1. The first-order valence-corrected chi connectivity index (χ1v) is 10.8. The molecule has 4 aromatic rings. The highest BCUT2D eigenvalue weighted by atomic mass is 35.5. The lowest BCUT2D eigenvalue weighted by Crippen LogP contribution is -2.07. The number of nitriles is 1. The Bertz CT molecular complexity index is 1380. The lowest BCUT2D eigenvalue weighted by Gasteiger charge is -2.16. The van der Waals surface area contributed by atoms with Gasteiger partial charge in [0.2, 0.25) is 0 Å². The first-order chi connectivity index (χ1) is 16.5. The first-order valence-electron chi connectivity index (χ1n) is 10.4. The van der Waals surface area contributed by atoms with E-state index in [0.717, 1.165) is 16.9 Å². The van der Waals surface area contributed by atoms with Gasteiger partial charge in [0.05, 0.1) is 40.4 Å². The zero-order valence-electron chi connectivity index (χ0n) is 17.9. The number of hydrogen-bond acceptors (Lipinski definition) is 7. The molecule has 0 aliphatic carbocycles. The number of nitrogens with zero attached hydrogens (tertiary/aromatic N) is 3. The molecular weight excluding hydrogens is 459 g/mol. The Morgan fingerprint density at radius 3 is 2.79 bits per heavy atom. The predicted molar refractivity (Wildman–Crippen MR) is 127 cm³/mol. The lowest BCUT2D eigenvalue weighted by atomic mass is 10.00. The first kappa shape index (κ1) is 23.2. The Morgan fingerprint density at radius 2 is 2.09 bits per heavy atom. The van der Waals surface area contributed by atoms with E-state index in [4.69, 9.17) is 16.7 Å². The minimum atomic E-state index is -0.548. The molecule has 0 fully saturated rings. The van der Waals surface area contributed by atoms with Crippen molar-refractivity contribution in [2.75, 3.05) is 17.2 Å². The number of aromatic nitrogens is 3. The lowest BCUT2D eigenvalue weighted by molar-refractivity contribution is -0.121. The molecule has 0 bridgehead atoms. The molecule has 8 nitrogen and oxygen atoms in total. The van der Waals surface area contributed by atoms with Crippen LogP contribution < -0.4 is 10.6 Å². The Kier molecular flexibility index (Phi) is 7.01. The molecule has 0 saturated carbocycles. The maximum atomic E-state index is 13.6. The number of halogens is 2. The summed E-state index contributed by atoms with van der Waals surface area (Å²) in [5.41, 5.74) is 4.27. The van der Waals surface area contributed by atoms with Gasteiger partial charge >= 0.3 is 0 Å². The number of ketones is 1. The third-order valence-corrected chi connectivity index (χ3v) is 5.54. The largest absolute Gasteiger partial charge is 0.389 e. The van der Waals surface area contributed by atoms with Gasteiger partial charge < -0.3 is 20.7 Å². The second-order valence-corrected chi connectivity index (χ2v) is 7.98. The molecule has 2 heterocycles. The van der Waals surface area contributed by atoms with Crippen molar-refractivity contribution in [1.82, 2.24) is 15.0 Å². The number of carbonyl (C=O) groups excluding carboxylic acids is 1. The number of hydrogen-bond donors (Lipinski definition) is 4. The third-order valence-electron chi connectivity index (χ3n) is 5.25. The Labute approximate surface area is 199 Å². The standard InChI is InChI=1S/C24H20ClFN6O2/c25-21-7-16(2-4-22(21)26)32-24-15(8-27)9-30-23-14(1-3-19(34)12-33)5-17(6-20(23)24)29-11-18-10-28-13-31-18/h2,4-7,9-10,13,29,33H,1,3,11-12H2,(H,28,31)(H,30,32). The van der Waals surface area contributed by atoms with Gasteiger partial charge in [-0.05, 0) is 42.3 Å². The second kappa shape index (κ2) is 10.3. The summed E-state index contributed by atoms with van der Waals surface area (Å²) in [6.45, 7) is -0.0535. The van der Waals surface area contributed by atoms with Gasteiger partial charge in [-0.1, -0.05) is 11.6 Å². The average Bonchev–Trinajstić information content (AvgIpc) is 3.37. The van der Waals surface area contributed by atoms with Crippen molar-refractivity contribution < 1.29 is 14.3 Å². The zero-order valence-corrected chi connectivity index (χ0v) is 18.7. The van der Waals surface area contributed by atoms with Crippen molar-refractivity contribution in [2.45, 2.75) is 19.4 Å². The van der Waals surface area contributed by atoms with Crippen LogP contribution in [0.4, 0.5) is 21.5 Å². The molecule has 4 rings (SSSR count). The minimum absolute atomic E-state index is 0.0491. The summed E-state index contributed by atoms with van der Waals surface area (Å²) in [6.07, 6.45) is 5.24. The summed E-state index contributed by atoms with van der Waals surface area (Å²) in [6, 6.07) is 10.1. The van der Waals surface area contributed by atoms with Crippen molar-refractivity contribution in [2.24, 2.45) is 0 Å². The van der Waals surface area contributed by atoms with Crippen LogP contribution in [0.5, 0.6) is 0 Å². The van der Waals surface area contributed by atoms with Crippen LogP contribution in [-0.4, -0.2) is 32.4 Å². The van der Waals surface area contributed by atoms with Gasteiger partial charge in [0.25, 0.3) is 0 Å². The normalized spacial score (nSPS) is 10.8. The van der Waals surface area contributed by atoms with E-state index in [1.54, 1.807) is 12.5 Å². The molecule has 0 aliphatic rings. The van der Waals surface area contributed by atoms with E-state index >= 15 is 0 Å². The highest BCUT2D eigenvalue weighted by Crippen LogP contribution is 2.34. The van der Waals surface area contributed by atoms with Gasteiger partial charge in [-0.25, -0.2) is 9.37 Å². The molecule has 0 amide bonds. The molecule has 2 aromatic carbocycles. The van der Waals surface area contributed by atoms with Crippen LogP contribution in [0.25, 0.3) is 10.9 Å². The summed E-state index contributed by atoms with van der Waals surface area (Å²) in [4.78, 5) is 23.3. The van der Waals surface area contributed by atoms with Crippen molar-refractivity contribution in [1.29, 1.82) is 5.26 Å². The van der Waals surface area contributed by atoms with Crippen LogP contribution in [0.15, 0.2) is 49.1 Å². The summed E-state index contributed by atoms with van der Waals surface area (Å²) in [5.74, 6) is -0.828. The van der Waals surface area contributed by atoms with E-state index in [2.05, 4.69) is 31.7 Å². The number of aryl methyl sites for hydroxylation is 1. The number of carbonyl (C=O) groups is 1. The van der Waals surface area contributed by atoms with Crippen LogP contribution in [0.2, 0.25) is 5.02 Å². The Hall–Kier alpha value is -4.00. The predicted octanol–water partition coefficient (Wildman–Crippen LogP) is 4.47. The molecule has 0 saturated heterocycles. The number of Topliss-reactive ketones (excluding diaryl/α,β-unsaturated/α-hetero) is 1. The molecule has 34 heavy (non-hydrogen) atoms. The number of aliphatic hydroxyl groups excluding tert-OH is 1. The van der Waals surface area contributed by atoms with Crippen LogP contribution in [-0.2, 0) is 17.8 Å². The summed E-state index contributed by atoms with van der Waals surface area (Å²) in [5, 5.41) is 25.9. The molecule has 4 N–H and O–H groups in total. The number of anilines is 3.